The molecular weight excluding hydrogens is 212 g/mol. The molecule has 3 N–H and O–H groups in total. The Morgan fingerprint density at radius 3 is 2.53 bits per heavy atom. The second-order valence-corrected chi connectivity index (χ2v) is 6.34. The van der Waals surface area contributed by atoms with Crippen molar-refractivity contribution in [3.63, 3.8) is 0 Å². The third-order valence-corrected chi connectivity index (χ3v) is 3.69. The van der Waals surface area contributed by atoms with Crippen molar-refractivity contribution in [3.05, 3.63) is 0 Å². The normalized spacial score (nSPS) is 29.9. The van der Waals surface area contributed by atoms with Crippen molar-refractivity contribution in [2.45, 2.75) is 71.4 Å². The Kier molecular flexibility index (Phi) is 4.99. The molecule has 0 aromatic carbocycles. The molecule has 100 valence electrons. The molecule has 1 amide bonds. The average Bonchev–Trinajstić information content (AvgIpc) is 2.15. The van der Waals surface area contributed by atoms with Crippen LogP contribution in [-0.2, 0) is 4.79 Å². The Balaban J connectivity index is 2.73. The number of carbonyl (C=O) groups is 1. The zero-order chi connectivity index (χ0) is 13.1. The van der Waals surface area contributed by atoms with Crippen molar-refractivity contribution in [1.82, 2.24) is 5.32 Å². The Morgan fingerprint density at radius 2 is 2.06 bits per heavy atom. The molecule has 0 aliphatic heterocycles. The van der Waals surface area contributed by atoms with Gasteiger partial charge in [0.1, 0.15) is 0 Å². The summed E-state index contributed by atoms with van der Waals surface area (Å²) in [5.74, 6) is 1.17. The van der Waals surface area contributed by atoms with Gasteiger partial charge in [-0.3, -0.25) is 4.79 Å². The van der Waals surface area contributed by atoms with Gasteiger partial charge in [0.2, 0.25) is 5.91 Å². The molecule has 0 aromatic heterocycles. The SMILES string of the molecule is CC(C)CC1CCCC(NC(C)C)(C(N)=O)C1. The molecule has 1 fully saturated rings. The van der Waals surface area contributed by atoms with Crippen LogP contribution in [0.15, 0.2) is 0 Å². The molecule has 1 saturated carbocycles. The number of primary amides is 1. The second-order valence-electron chi connectivity index (χ2n) is 6.34. The Labute approximate surface area is 106 Å². The molecule has 1 rings (SSSR count). The van der Waals surface area contributed by atoms with Crippen molar-refractivity contribution in [1.29, 1.82) is 0 Å². The van der Waals surface area contributed by atoms with Crippen LogP contribution in [0.2, 0.25) is 0 Å². The number of hydrogen-bond acceptors (Lipinski definition) is 2. The van der Waals surface area contributed by atoms with E-state index in [2.05, 4.69) is 33.0 Å². The van der Waals surface area contributed by atoms with Gasteiger partial charge in [-0.25, -0.2) is 0 Å². The van der Waals surface area contributed by atoms with Crippen molar-refractivity contribution in [3.8, 4) is 0 Å². The van der Waals surface area contributed by atoms with E-state index in [-0.39, 0.29) is 5.91 Å². The maximum absolute atomic E-state index is 11.8. The largest absolute Gasteiger partial charge is 0.368 e. The molecule has 0 heterocycles. The molecule has 17 heavy (non-hydrogen) atoms. The Bertz CT molecular complexity index is 263. The summed E-state index contributed by atoms with van der Waals surface area (Å²) in [7, 11) is 0. The van der Waals surface area contributed by atoms with E-state index in [9.17, 15) is 4.79 Å². The highest BCUT2D eigenvalue weighted by Gasteiger charge is 2.41. The lowest BCUT2D eigenvalue weighted by Gasteiger charge is -2.41. The molecule has 1 aliphatic rings. The summed E-state index contributed by atoms with van der Waals surface area (Å²) < 4.78 is 0. The van der Waals surface area contributed by atoms with Crippen LogP contribution in [0.5, 0.6) is 0 Å². The van der Waals surface area contributed by atoms with Gasteiger partial charge in [-0.1, -0.05) is 26.7 Å². The van der Waals surface area contributed by atoms with Crippen LogP contribution in [0.4, 0.5) is 0 Å². The smallest absolute Gasteiger partial charge is 0.237 e. The fourth-order valence-electron chi connectivity index (χ4n) is 3.24. The summed E-state index contributed by atoms with van der Waals surface area (Å²) in [6, 6.07) is 0.306. The van der Waals surface area contributed by atoms with E-state index in [1.807, 2.05) is 0 Å². The third kappa shape index (κ3) is 3.98. The molecule has 0 bridgehead atoms. The lowest BCUT2D eigenvalue weighted by atomic mass is 9.72. The highest BCUT2D eigenvalue weighted by atomic mass is 16.1. The van der Waals surface area contributed by atoms with Crippen molar-refractivity contribution >= 4 is 5.91 Å². The number of amides is 1. The van der Waals surface area contributed by atoms with Gasteiger partial charge in [0.05, 0.1) is 5.54 Å². The van der Waals surface area contributed by atoms with Crippen molar-refractivity contribution in [2.75, 3.05) is 0 Å². The molecule has 3 nitrogen and oxygen atoms in total. The first-order valence-electron chi connectivity index (χ1n) is 6.93. The predicted molar refractivity (Wildman–Crippen MR) is 71.6 cm³/mol. The highest BCUT2D eigenvalue weighted by molar-refractivity contribution is 5.84. The lowest BCUT2D eigenvalue weighted by Crippen LogP contribution is -2.59. The molecule has 2 unspecified atom stereocenters. The topological polar surface area (TPSA) is 55.1 Å². The molecular formula is C14H28N2O. The summed E-state index contributed by atoms with van der Waals surface area (Å²) >= 11 is 0. The van der Waals surface area contributed by atoms with E-state index in [4.69, 9.17) is 5.73 Å². The first kappa shape index (κ1) is 14.5. The van der Waals surface area contributed by atoms with E-state index in [1.54, 1.807) is 0 Å². The van der Waals surface area contributed by atoms with Crippen molar-refractivity contribution < 1.29 is 4.79 Å². The monoisotopic (exact) mass is 240 g/mol. The van der Waals surface area contributed by atoms with Gasteiger partial charge in [0, 0.05) is 6.04 Å². The minimum atomic E-state index is -0.452. The molecule has 0 spiro atoms. The summed E-state index contributed by atoms with van der Waals surface area (Å²) in [5, 5.41) is 3.42. The third-order valence-electron chi connectivity index (χ3n) is 3.69. The van der Waals surface area contributed by atoms with Crippen LogP contribution in [0.3, 0.4) is 0 Å². The summed E-state index contributed by atoms with van der Waals surface area (Å²) in [5.41, 5.74) is 5.19. The van der Waals surface area contributed by atoms with Crippen LogP contribution in [0.25, 0.3) is 0 Å². The van der Waals surface area contributed by atoms with Crippen molar-refractivity contribution in [2.24, 2.45) is 17.6 Å². The number of nitrogens with one attached hydrogen (secondary N) is 1. The Hall–Kier alpha value is -0.570. The van der Waals surface area contributed by atoms with Gasteiger partial charge in [-0.15, -0.1) is 0 Å². The number of nitrogens with two attached hydrogens (primary N) is 1. The summed E-state index contributed by atoms with van der Waals surface area (Å²) in [6.07, 6.45) is 5.37. The zero-order valence-corrected chi connectivity index (χ0v) is 11.8. The van der Waals surface area contributed by atoms with Crippen LogP contribution < -0.4 is 11.1 Å². The van der Waals surface area contributed by atoms with E-state index >= 15 is 0 Å². The van der Waals surface area contributed by atoms with Crippen LogP contribution in [0.1, 0.15) is 59.8 Å². The van der Waals surface area contributed by atoms with Crippen LogP contribution in [0, 0.1) is 11.8 Å². The maximum atomic E-state index is 11.8. The van der Waals surface area contributed by atoms with Gasteiger partial charge in [0.15, 0.2) is 0 Å². The maximum Gasteiger partial charge on any atom is 0.237 e. The molecule has 0 aromatic rings. The van der Waals surface area contributed by atoms with Gasteiger partial charge in [0.25, 0.3) is 0 Å². The Morgan fingerprint density at radius 1 is 1.41 bits per heavy atom. The van der Waals surface area contributed by atoms with Gasteiger partial charge in [-0.2, -0.15) is 0 Å². The fourth-order valence-corrected chi connectivity index (χ4v) is 3.24. The summed E-state index contributed by atoms with van der Waals surface area (Å²) in [6.45, 7) is 8.65. The molecule has 0 saturated heterocycles. The minimum Gasteiger partial charge on any atom is -0.368 e. The standard InChI is InChI=1S/C14H28N2O/c1-10(2)8-12-6-5-7-14(9-12,13(15)17)16-11(3)4/h10-12,16H,5-9H2,1-4H3,(H2,15,17). The van der Waals surface area contributed by atoms with E-state index in [1.165, 1.54) is 12.8 Å². The second kappa shape index (κ2) is 5.85. The van der Waals surface area contributed by atoms with Gasteiger partial charge >= 0.3 is 0 Å². The lowest BCUT2D eigenvalue weighted by molar-refractivity contribution is -0.127. The highest BCUT2D eigenvalue weighted by Crippen LogP contribution is 2.36. The van der Waals surface area contributed by atoms with Gasteiger partial charge in [-0.05, 0) is 44.9 Å². The summed E-state index contributed by atoms with van der Waals surface area (Å²) in [4.78, 5) is 11.8. The molecule has 3 heteroatoms. The predicted octanol–water partition coefficient (Wildman–Crippen LogP) is 2.44. The number of hydrogen-bond donors (Lipinski definition) is 2. The molecule has 1 aliphatic carbocycles. The fraction of sp³-hybridized carbons (Fsp3) is 0.929. The molecule has 0 radical (unpaired) electrons. The number of rotatable bonds is 5. The van der Waals surface area contributed by atoms with E-state index in [0.29, 0.717) is 17.9 Å². The first-order chi connectivity index (χ1) is 7.85. The average molecular weight is 240 g/mol. The van der Waals surface area contributed by atoms with Crippen LogP contribution in [-0.4, -0.2) is 17.5 Å². The molecule has 2 atom stereocenters. The zero-order valence-electron chi connectivity index (χ0n) is 11.8. The first-order valence-corrected chi connectivity index (χ1v) is 6.93. The quantitative estimate of drug-likeness (QED) is 0.775. The van der Waals surface area contributed by atoms with Gasteiger partial charge < -0.3 is 11.1 Å². The van der Waals surface area contributed by atoms with Crippen LogP contribution >= 0.6 is 0 Å². The number of carbonyl (C=O) groups excluding carboxylic acids is 1. The van der Waals surface area contributed by atoms with E-state index < -0.39 is 5.54 Å². The minimum absolute atomic E-state index is 0.167. The van der Waals surface area contributed by atoms with E-state index in [0.717, 1.165) is 19.3 Å².